The van der Waals surface area contributed by atoms with Crippen LogP contribution in [-0.2, 0) is 0 Å². The molecule has 0 radical (unpaired) electrons. The first-order valence-electron chi connectivity index (χ1n) is 5.45. The lowest BCUT2D eigenvalue weighted by molar-refractivity contribution is -0.386. The molecule has 1 saturated heterocycles. The summed E-state index contributed by atoms with van der Waals surface area (Å²) in [6.07, 6.45) is 2.20. The Balaban J connectivity index is 2.40. The van der Waals surface area contributed by atoms with Gasteiger partial charge in [0.25, 0.3) is 5.69 Å². The van der Waals surface area contributed by atoms with Crippen LogP contribution in [0.25, 0.3) is 0 Å². The molecular formula is C11H15N3O2. The van der Waals surface area contributed by atoms with E-state index in [0.29, 0.717) is 11.3 Å². The van der Waals surface area contributed by atoms with E-state index in [2.05, 4.69) is 10.3 Å². The van der Waals surface area contributed by atoms with E-state index in [1.807, 2.05) is 6.07 Å². The second-order valence-electron chi connectivity index (χ2n) is 4.20. The number of aromatic nitrogens is 1. The fourth-order valence-corrected chi connectivity index (χ4v) is 2.25. The van der Waals surface area contributed by atoms with Crippen molar-refractivity contribution in [2.45, 2.75) is 32.7 Å². The van der Waals surface area contributed by atoms with E-state index in [0.717, 1.165) is 25.1 Å². The summed E-state index contributed by atoms with van der Waals surface area (Å²) in [5.74, 6) is 0. The van der Waals surface area contributed by atoms with Crippen molar-refractivity contribution in [2.24, 2.45) is 0 Å². The van der Waals surface area contributed by atoms with Crippen LogP contribution in [-0.4, -0.2) is 16.5 Å². The minimum absolute atomic E-state index is 0.141. The Morgan fingerprint density at radius 1 is 1.56 bits per heavy atom. The van der Waals surface area contributed by atoms with Crippen LogP contribution >= 0.6 is 0 Å². The average Bonchev–Trinajstić information content (AvgIpc) is 2.67. The van der Waals surface area contributed by atoms with Crippen LogP contribution in [0.5, 0.6) is 0 Å². The highest BCUT2D eigenvalue weighted by atomic mass is 16.6. The number of nitrogens with zero attached hydrogens (tertiary/aromatic N) is 2. The SMILES string of the molecule is Cc1cc([C@@H]2CCCN2)nc(C)c1[N+](=O)[O-]. The lowest BCUT2D eigenvalue weighted by Gasteiger charge is -2.11. The Morgan fingerprint density at radius 3 is 2.81 bits per heavy atom. The van der Waals surface area contributed by atoms with E-state index in [4.69, 9.17) is 0 Å². The molecule has 5 nitrogen and oxygen atoms in total. The molecule has 0 spiro atoms. The summed E-state index contributed by atoms with van der Waals surface area (Å²) in [6.45, 7) is 4.47. The minimum atomic E-state index is -0.358. The summed E-state index contributed by atoms with van der Waals surface area (Å²) in [5, 5.41) is 14.2. The van der Waals surface area contributed by atoms with Gasteiger partial charge in [-0.05, 0) is 39.3 Å². The molecule has 1 aromatic heterocycles. The Labute approximate surface area is 94.0 Å². The van der Waals surface area contributed by atoms with Crippen molar-refractivity contribution in [1.29, 1.82) is 0 Å². The van der Waals surface area contributed by atoms with E-state index in [9.17, 15) is 10.1 Å². The Kier molecular flexibility index (Phi) is 2.87. The number of hydrogen-bond acceptors (Lipinski definition) is 4. The molecular weight excluding hydrogens is 206 g/mol. The van der Waals surface area contributed by atoms with Gasteiger partial charge in [0.1, 0.15) is 5.69 Å². The monoisotopic (exact) mass is 221 g/mol. The number of rotatable bonds is 2. The Bertz CT molecular complexity index is 402. The third kappa shape index (κ3) is 1.90. The van der Waals surface area contributed by atoms with Crippen molar-refractivity contribution in [3.8, 4) is 0 Å². The van der Waals surface area contributed by atoms with Crippen molar-refractivity contribution in [3.05, 3.63) is 33.1 Å². The van der Waals surface area contributed by atoms with Gasteiger partial charge in [-0.15, -0.1) is 0 Å². The standard InChI is InChI=1S/C11H15N3O2/c1-7-6-10(9-4-3-5-12-9)13-8(2)11(7)14(15)16/h6,9,12H,3-5H2,1-2H3/t9-/m0/s1. The third-order valence-electron chi connectivity index (χ3n) is 2.98. The predicted octanol–water partition coefficient (Wildman–Crippen LogP) is 2.03. The molecule has 5 heteroatoms. The van der Waals surface area contributed by atoms with Crippen LogP contribution in [0.15, 0.2) is 6.07 Å². The zero-order chi connectivity index (χ0) is 11.7. The molecule has 0 amide bonds. The molecule has 0 unspecified atom stereocenters. The molecule has 2 rings (SSSR count). The maximum absolute atomic E-state index is 10.8. The van der Waals surface area contributed by atoms with Gasteiger partial charge in [-0.25, -0.2) is 4.98 Å². The van der Waals surface area contributed by atoms with Crippen molar-refractivity contribution in [3.63, 3.8) is 0 Å². The quantitative estimate of drug-likeness (QED) is 0.613. The van der Waals surface area contributed by atoms with Crippen LogP contribution in [0.3, 0.4) is 0 Å². The smallest absolute Gasteiger partial charge is 0.293 e. The van der Waals surface area contributed by atoms with E-state index >= 15 is 0 Å². The van der Waals surface area contributed by atoms with Gasteiger partial charge in [0.05, 0.1) is 10.6 Å². The van der Waals surface area contributed by atoms with Crippen LogP contribution in [0.2, 0.25) is 0 Å². The normalized spacial score (nSPS) is 20.0. The summed E-state index contributed by atoms with van der Waals surface area (Å²) >= 11 is 0. The molecule has 0 bridgehead atoms. The molecule has 1 N–H and O–H groups in total. The Morgan fingerprint density at radius 2 is 2.31 bits per heavy atom. The van der Waals surface area contributed by atoms with Gasteiger partial charge in [0.15, 0.2) is 0 Å². The zero-order valence-electron chi connectivity index (χ0n) is 9.49. The third-order valence-corrected chi connectivity index (χ3v) is 2.98. The summed E-state index contributed by atoms with van der Waals surface area (Å²) < 4.78 is 0. The number of nitro groups is 1. The average molecular weight is 221 g/mol. The molecule has 1 aromatic rings. The van der Waals surface area contributed by atoms with Crippen molar-refractivity contribution in [1.82, 2.24) is 10.3 Å². The van der Waals surface area contributed by atoms with E-state index < -0.39 is 0 Å². The minimum Gasteiger partial charge on any atom is -0.309 e. The fourth-order valence-electron chi connectivity index (χ4n) is 2.25. The Hall–Kier alpha value is -1.49. The van der Waals surface area contributed by atoms with Gasteiger partial charge >= 0.3 is 0 Å². The summed E-state index contributed by atoms with van der Waals surface area (Å²) in [7, 11) is 0. The molecule has 1 aliphatic heterocycles. The molecule has 2 heterocycles. The zero-order valence-corrected chi connectivity index (χ0v) is 9.49. The molecule has 16 heavy (non-hydrogen) atoms. The topological polar surface area (TPSA) is 68.1 Å². The molecule has 1 fully saturated rings. The summed E-state index contributed by atoms with van der Waals surface area (Å²) in [6, 6.07) is 2.09. The number of hydrogen-bond donors (Lipinski definition) is 1. The van der Waals surface area contributed by atoms with E-state index in [1.54, 1.807) is 13.8 Å². The largest absolute Gasteiger partial charge is 0.309 e. The molecule has 86 valence electrons. The van der Waals surface area contributed by atoms with Gasteiger partial charge in [0.2, 0.25) is 0 Å². The van der Waals surface area contributed by atoms with E-state index in [-0.39, 0.29) is 16.7 Å². The first-order chi connectivity index (χ1) is 7.59. The van der Waals surface area contributed by atoms with Crippen LogP contribution < -0.4 is 5.32 Å². The van der Waals surface area contributed by atoms with Gasteiger partial charge in [-0.2, -0.15) is 0 Å². The molecule has 0 saturated carbocycles. The van der Waals surface area contributed by atoms with Gasteiger partial charge in [-0.1, -0.05) is 0 Å². The lowest BCUT2D eigenvalue weighted by atomic mass is 10.1. The van der Waals surface area contributed by atoms with Gasteiger partial charge < -0.3 is 5.32 Å². The first kappa shape index (κ1) is 11.0. The summed E-state index contributed by atoms with van der Waals surface area (Å²) in [5.41, 5.74) is 2.27. The van der Waals surface area contributed by atoms with Crippen LogP contribution in [0.1, 0.15) is 35.8 Å². The second kappa shape index (κ2) is 4.17. The molecule has 0 aromatic carbocycles. The van der Waals surface area contributed by atoms with Crippen molar-refractivity contribution < 1.29 is 4.92 Å². The second-order valence-corrected chi connectivity index (χ2v) is 4.20. The molecule has 1 aliphatic rings. The van der Waals surface area contributed by atoms with Gasteiger partial charge in [0, 0.05) is 11.6 Å². The highest BCUT2D eigenvalue weighted by Crippen LogP contribution is 2.27. The fraction of sp³-hybridized carbons (Fsp3) is 0.545. The predicted molar refractivity (Wildman–Crippen MR) is 60.3 cm³/mol. The van der Waals surface area contributed by atoms with Crippen LogP contribution in [0.4, 0.5) is 5.69 Å². The maximum atomic E-state index is 10.8. The lowest BCUT2D eigenvalue weighted by Crippen LogP contribution is -2.15. The molecule has 0 aliphatic carbocycles. The number of aryl methyl sites for hydroxylation is 2. The molecule has 1 atom stereocenters. The van der Waals surface area contributed by atoms with Crippen molar-refractivity contribution in [2.75, 3.05) is 6.54 Å². The maximum Gasteiger partial charge on any atom is 0.293 e. The first-order valence-corrected chi connectivity index (χ1v) is 5.45. The highest BCUT2D eigenvalue weighted by molar-refractivity contribution is 5.44. The van der Waals surface area contributed by atoms with Crippen LogP contribution in [0, 0.1) is 24.0 Å². The highest BCUT2D eigenvalue weighted by Gasteiger charge is 2.22. The number of nitrogens with one attached hydrogen (secondary N) is 1. The van der Waals surface area contributed by atoms with Gasteiger partial charge in [-0.3, -0.25) is 10.1 Å². The van der Waals surface area contributed by atoms with Crippen molar-refractivity contribution >= 4 is 5.69 Å². The van der Waals surface area contributed by atoms with E-state index in [1.165, 1.54) is 0 Å². The summed E-state index contributed by atoms with van der Waals surface area (Å²) in [4.78, 5) is 14.8. The number of pyridine rings is 1.